The van der Waals surface area contributed by atoms with Crippen molar-refractivity contribution >= 4 is 27.1 Å². The van der Waals surface area contributed by atoms with Crippen LogP contribution in [0, 0.1) is 5.92 Å². The van der Waals surface area contributed by atoms with Crippen LogP contribution in [-0.4, -0.2) is 25.9 Å². The number of carbonyl (C=O) groups is 1. The first-order chi connectivity index (χ1) is 10.9. The Hall–Kier alpha value is -1.73. The quantitative estimate of drug-likeness (QED) is 0.831. The molecule has 2 aromatic rings. The molecule has 0 spiro atoms. The topological polar surface area (TPSA) is 76.1 Å². The van der Waals surface area contributed by atoms with Crippen molar-refractivity contribution in [1.82, 2.24) is 10.3 Å². The van der Waals surface area contributed by atoms with E-state index in [-0.39, 0.29) is 18.4 Å². The van der Waals surface area contributed by atoms with E-state index in [0.29, 0.717) is 16.2 Å². The van der Waals surface area contributed by atoms with E-state index >= 15 is 0 Å². The van der Waals surface area contributed by atoms with Gasteiger partial charge in [-0.25, -0.2) is 8.42 Å². The van der Waals surface area contributed by atoms with Gasteiger partial charge in [-0.1, -0.05) is 26.0 Å². The summed E-state index contributed by atoms with van der Waals surface area (Å²) < 4.78 is 26.0. The Labute approximate surface area is 140 Å². The standard InChI is InChI=1S/C16H20N2O3S2/c1-12(2)9-15(19)18-11-14(13-5-3-7-17-10-13)23(20,21)16-6-4-8-22-16/h3-8,10,12,14H,9,11H2,1-2H3,(H,18,19). The molecule has 7 heteroatoms. The first kappa shape index (κ1) is 17.6. The third-order valence-electron chi connectivity index (χ3n) is 3.28. The van der Waals surface area contributed by atoms with Gasteiger partial charge in [-0.3, -0.25) is 9.78 Å². The highest BCUT2D eigenvalue weighted by molar-refractivity contribution is 7.93. The van der Waals surface area contributed by atoms with Gasteiger partial charge in [0.05, 0.1) is 0 Å². The summed E-state index contributed by atoms with van der Waals surface area (Å²) in [6.45, 7) is 3.93. The molecule has 0 saturated carbocycles. The smallest absolute Gasteiger partial charge is 0.220 e. The van der Waals surface area contributed by atoms with Crippen molar-refractivity contribution in [1.29, 1.82) is 0 Å². The number of aromatic nitrogens is 1. The summed E-state index contributed by atoms with van der Waals surface area (Å²) in [4.78, 5) is 15.9. The molecule has 0 aromatic carbocycles. The number of carbonyl (C=O) groups excluding carboxylic acids is 1. The summed E-state index contributed by atoms with van der Waals surface area (Å²) in [5.74, 6) is 0.0796. The monoisotopic (exact) mass is 352 g/mol. The van der Waals surface area contributed by atoms with E-state index in [1.165, 1.54) is 17.5 Å². The third-order valence-corrected chi connectivity index (χ3v) is 6.82. The van der Waals surface area contributed by atoms with Gasteiger partial charge in [-0.15, -0.1) is 11.3 Å². The van der Waals surface area contributed by atoms with Crippen molar-refractivity contribution < 1.29 is 13.2 Å². The third kappa shape index (κ3) is 4.62. The second-order valence-electron chi connectivity index (χ2n) is 5.65. The van der Waals surface area contributed by atoms with Gasteiger partial charge in [0, 0.05) is 25.4 Å². The van der Waals surface area contributed by atoms with Crippen LogP contribution in [0.5, 0.6) is 0 Å². The van der Waals surface area contributed by atoms with Gasteiger partial charge in [0.15, 0.2) is 9.84 Å². The molecule has 0 radical (unpaired) electrons. The minimum atomic E-state index is -3.57. The van der Waals surface area contributed by atoms with E-state index in [1.54, 1.807) is 35.8 Å². The average Bonchev–Trinajstić information content (AvgIpc) is 3.02. The molecule has 1 atom stereocenters. The lowest BCUT2D eigenvalue weighted by Gasteiger charge is -2.18. The molecule has 124 valence electrons. The van der Waals surface area contributed by atoms with Crippen LogP contribution in [0.25, 0.3) is 0 Å². The van der Waals surface area contributed by atoms with Crippen molar-refractivity contribution in [2.75, 3.05) is 6.54 Å². The lowest BCUT2D eigenvalue weighted by atomic mass is 10.1. The molecular formula is C16H20N2O3S2. The van der Waals surface area contributed by atoms with E-state index in [1.807, 2.05) is 13.8 Å². The number of sulfone groups is 1. The Morgan fingerprint density at radius 3 is 2.65 bits per heavy atom. The Morgan fingerprint density at radius 2 is 2.09 bits per heavy atom. The van der Waals surface area contributed by atoms with Crippen molar-refractivity contribution in [3.05, 3.63) is 47.6 Å². The zero-order chi connectivity index (χ0) is 16.9. The molecule has 0 aliphatic heterocycles. The lowest BCUT2D eigenvalue weighted by molar-refractivity contribution is -0.121. The maximum atomic E-state index is 12.9. The number of rotatable bonds is 7. The SMILES string of the molecule is CC(C)CC(=O)NCC(c1cccnc1)S(=O)(=O)c1cccs1. The zero-order valence-corrected chi connectivity index (χ0v) is 14.7. The number of hydrogen-bond donors (Lipinski definition) is 1. The van der Waals surface area contributed by atoms with E-state index in [9.17, 15) is 13.2 Å². The average molecular weight is 352 g/mol. The maximum Gasteiger partial charge on any atom is 0.220 e. The van der Waals surface area contributed by atoms with Gasteiger partial charge in [0.2, 0.25) is 5.91 Å². The molecule has 0 bridgehead atoms. The predicted molar refractivity (Wildman–Crippen MR) is 90.9 cm³/mol. The minimum Gasteiger partial charge on any atom is -0.354 e. The van der Waals surface area contributed by atoms with Crippen LogP contribution in [0.3, 0.4) is 0 Å². The van der Waals surface area contributed by atoms with E-state index in [2.05, 4.69) is 10.3 Å². The van der Waals surface area contributed by atoms with Crippen molar-refractivity contribution in [3.63, 3.8) is 0 Å². The van der Waals surface area contributed by atoms with Crippen LogP contribution in [0.1, 0.15) is 31.1 Å². The highest BCUT2D eigenvalue weighted by Crippen LogP contribution is 2.30. The molecule has 1 N–H and O–H groups in total. The number of amides is 1. The first-order valence-electron chi connectivity index (χ1n) is 7.35. The molecular weight excluding hydrogens is 332 g/mol. The fraction of sp³-hybridized carbons (Fsp3) is 0.375. The number of thiophene rings is 1. The predicted octanol–water partition coefficient (Wildman–Crippen LogP) is 2.82. The van der Waals surface area contributed by atoms with Gasteiger partial charge in [-0.2, -0.15) is 0 Å². The molecule has 0 fully saturated rings. The van der Waals surface area contributed by atoms with Crippen LogP contribution >= 0.6 is 11.3 Å². The summed E-state index contributed by atoms with van der Waals surface area (Å²) in [5.41, 5.74) is 0.575. The van der Waals surface area contributed by atoms with Crippen LogP contribution in [-0.2, 0) is 14.6 Å². The van der Waals surface area contributed by atoms with E-state index in [0.717, 1.165) is 0 Å². The molecule has 1 amide bonds. The molecule has 0 aliphatic carbocycles. The molecule has 1 unspecified atom stereocenters. The second-order valence-corrected chi connectivity index (χ2v) is 8.96. The molecule has 2 aromatic heterocycles. The second kappa shape index (κ2) is 7.70. The Bertz CT molecular complexity index is 726. The highest BCUT2D eigenvalue weighted by atomic mass is 32.2. The molecule has 2 rings (SSSR count). The normalized spacial score (nSPS) is 13.0. The minimum absolute atomic E-state index is 0.0392. The molecule has 5 nitrogen and oxygen atoms in total. The van der Waals surface area contributed by atoms with Gasteiger partial charge >= 0.3 is 0 Å². The molecule has 23 heavy (non-hydrogen) atoms. The summed E-state index contributed by atoms with van der Waals surface area (Å²) >= 11 is 1.18. The fourth-order valence-corrected chi connectivity index (χ4v) is 5.04. The first-order valence-corrected chi connectivity index (χ1v) is 9.78. The van der Waals surface area contributed by atoms with E-state index in [4.69, 9.17) is 0 Å². The Morgan fingerprint density at radius 1 is 1.30 bits per heavy atom. The summed E-state index contributed by atoms with van der Waals surface area (Å²) in [6.07, 6.45) is 3.50. The Balaban J connectivity index is 2.25. The largest absolute Gasteiger partial charge is 0.354 e. The molecule has 0 aliphatic rings. The highest BCUT2D eigenvalue weighted by Gasteiger charge is 2.30. The fourth-order valence-electron chi connectivity index (χ4n) is 2.19. The lowest BCUT2D eigenvalue weighted by Crippen LogP contribution is -2.32. The van der Waals surface area contributed by atoms with Crippen molar-refractivity contribution in [2.24, 2.45) is 5.92 Å². The summed E-state index contributed by atoms with van der Waals surface area (Å²) in [7, 11) is -3.57. The zero-order valence-electron chi connectivity index (χ0n) is 13.1. The number of pyridine rings is 1. The molecule has 2 heterocycles. The summed E-state index contributed by atoms with van der Waals surface area (Å²) in [5, 5.41) is 3.62. The Kier molecular flexibility index (Phi) is 5.90. The molecule has 0 saturated heterocycles. The van der Waals surface area contributed by atoms with Crippen LogP contribution in [0.2, 0.25) is 0 Å². The van der Waals surface area contributed by atoms with Crippen molar-refractivity contribution in [2.45, 2.75) is 29.7 Å². The van der Waals surface area contributed by atoms with Crippen LogP contribution in [0.4, 0.5) is 0 Å². The van der Waals surface area contributed by atoms with Gasteiger partial charge in [0.1, 0.15) is 9.46 Å². The maximum absolute atomic E-state index is 12.9. The van der Waals surface area contributed by atoms with Gasteiger partial charge in [0.25, 0.3) is 0 Å². The van der Waals surface area contributed by atoms with Crippen LogP contribution in [0.15, 0.2) is 46.2 Å². The number of hydrogen-bond acceptors (Lipinski definition) is 5. The number of nitrogens with zero attached hydrogens (tertiary/aromatic N) is 1. The summed E-state index contributed by atoms with van der Waals surface area (Å²) in [6, 6.07) is 6.70. The van der Waals surface area contributed by atoms with Gasteiger partial charge in [-0.05, 0) is 29.0 Å². The number of nitrogens with one attached hydrogen (secondary N) is 1. The van der Waals surface area contributed by atoms with Crippen molar-refractivity contribution in [3.8, 4) is 0 Å². The van der Waals surface area contributed by atoms with Gasteiger partial charge < -0.3 is 5.32 Å². The van der Waals surface area contributed by atoms with E-state index < -0.39 is 15.1 Å². The van der Waals surface area contributed by atoms with Crippen LogP contribution < -0.4 is 5.32 Å².